The van der Waals surface area contributed by atoms with Gasteiger partial charge in [0.15, 0.2) is 0 Å². The van der Waals surface area contributed by atoms with E-state index in [1.165, 1.54) is 0 Å². The number of carbonyl (C=O) groups is 1. The molecule has 0 radical (unpaired) electrons. The Balaban J connectivity index is 1.74. The van der Waals surface area contributed by atoms with Gasteiger partial charge in [-0.1, -0.05) is 18.2 Å². The predicted octanol–water partition coefficient (Wildman–Crippen LogP) is 3.36. The van der Waals surface area contributed by atoms with Gasteiger partial charge in [0.2, 0.25) is 5.95 Å². The van der Waals surface area contributed by atoms with Crippen LogP contribution in [0.15, 0.2) is 60.8 Å². The van der Waals surface area contributed by atoms with E-state index in [0.29, 0.717) is 11.5 Å². The van der Waals surface area contributed by atoms with E-state index in [1.54, 1.807) is 18.3 Å². The van der Waals surface area contributed by atoms with Crippen LogP contribution in [0.25, 0.3) is 21.9 Å². The number of nitrogens with zero attached hydrogens (tertiary/aromatic N) is 2. The standard InChI is InChI=1S/C17H12N4O/c22-16(11-5-2-1-3-6-11)21-17-19-14-9-8-13-12(15(14)20-17)7-4-10-18-13/h1-10H,(H2,19,20,21,22). The highest BCUT2D eigenvalue weighted by atomic mass is 16.1. The molecule has 0 fully saturated rings. The summed E-state index contributed by atoms with van der Waals surface area (Å²) in [7, 11) is 0. The van der Waals surface area contributed by atoms with Gasteiger partial charge in [-0.3, -0.25) is 15.1 Å². The minimum atomic E-state index is -0.193. The SMILES string of the molecule is O=C(Nc1nc2c(ccc3ncccc32)[nH]1)c1ccccc1. The molecule has 2 N–H and O–H groups in total. The maximum Gasteiger partial charge on any atom is 0.257 e. The summed E-state index contributed by atoms with van der Waals surface area (Å²) >= 11 is 0. The summed E-state index contributed by atoms with van der Waals surface area (Å²) < 4.78 is 0. The number of nitrogens with one attached hydrogen (secondary N) is 2. The first-order valence-corrected chi connectivity index (χ1v) is 6.91. The van der Waals surface area contributed by atoms with Crippen molar-refractivity contribution in [2.45, 2.75) is 0 Å². The van der Waals surface area contributed by atoms with Gasteiger partial charge < -0.3 is 4.98 Å². The van der Waals surface area contributed by atoms with Gasteiger partial charge in [0.25, 0.3) is 5.91 Å². The largest absolute Gasteiger partial charge is 0.324 e. The number of fused-ring (bicyclic) bond motifs is 3. The molecule has 106 valence electrons. The summed E-state index contributed by atoms with van der Waals surface area (Å²) in [5.41, 5.74) is 3.13. The van der Waals surface area contributed by atoms with E-state index >= 15 is 0 Å². The van der Waals surface area contributed by atoms with Gasteiger partial charge in [0.1, 0.15) is 0 Å². The van der Waals surface area contributed by atoms with Gasteiger partial charge >= 0.3 is 0 Å². The second-order valence-corrected chi connectivity index (χ2v) is 4.94. The van der Waals surface area contributed by atoms with Crippen LogP contribution in [0.3, 0.4) is 0 Å². The molecule has 2 aromatic heterocycles. The predicted molar refractivity (Wildman–Crippen MR) is 85.8 cm³/mol. The highest BCUT2D eigenvalue weighted by Gasteiger charge is 2.10. The molecule has 22 heavy (non-hydrogen) atoms. The quantitative estimate of drug-likeness (QED) is 0.594. The lowest BCUT2D eigenvalue weighted by atomic mass is 10.2. The molecule has 0 atom stereocenters. The first-order chi connectivity index (χ1) is 10.8. The number of aromatic amines is 1. The number of carbonyl (C=O) groups excluding carboxylic acids is 1. The number of imidazole rings is 1. The van der Waals surface area contributed by atoms with Crippen LogP contribution in [0.2, 0.25) is 0 Å². The average molecular weight is 288 g/mol. The summed E-state index contributed by atoms with van der Waals surface area (Å²) in [6.07, 6.45) is 1.75. The molecule has 4 rings (SSSR count). The molecule has 0 bridgehead atoms. The monoisotopic (exact) mass is 288 g/mol. The molecule has 2 heterocycles. The van der Waals surface area contributed by atoms with Crippen LogP contribution in [0.5, 0.6) is 0 Å². The van der Waals surface area contributed by atoms with Crippen LogP contribution < -0.4 is 5.32 Å². The third-order valence-electron chi connectivity index (χ3n) is 3.50. The van der Waals surface area contributed by atoms with Crippen molar-refractivity contribution in [2.24, 2.45) is 0 Å². The van der Waals surface area contributed by atoms with Crippen molar-refractivity contribution in [1.29, 1.82) is 0 Å². The normalized spacial score (nSPS) is 10.9. The molecule has 0 aliphatic carbocycles. The Hall–Kier alpha value is -3.21. The second-order valence-electron chi connectivity index (χ2n) is 4.94. The Morgan fingerprint density at radius 2 is 1.86 bits per heavy atom. The van der Waals surface area contributed by atoms with Gasteiger partial charge in [0, 0.05) is 17.1 Å². The van der Waals surface area contributed by atoms with E-state index in [0.717, 1.165) is 21.9 Å². The molecule has 5 nitrogen and oxygen atoms in total. The summed E-state index contributed by atoms with van der Waals surface area (Å²) in [6.45, 7) is 0. The number of hydrogen-bond donors (Lipinski definition) is 2. The zero-order valence-corrected chi connectivity index (χ0v) is 11.6. The molecular formula is C17H12N4O. The summed E-state index contributed by atoms with van der Waals surface area (Å²) in [5, 5.41) is 3.74. The number of aromatic nitrogens is 3. The fourth-order valence-electron chi connectivity index (χ4n) is 2.45. The minimum absolute atomic E-state index is 0.193. The van der Waals surface area contributed by atoms with E-state index in [9.17, 15) is 4.79 Å². The number of H-pyrrole nitrogens is 1. The van der Waals surface area contributed by atoms with E-state index < -0.39 is 0 Å². The fourth-order valence-corrected chi connectivity index (χ4v) is 2.45. The molecule has 4 aromatic rings. The lowest BCUT2D eigenvalue weighted by Gasteiger charge is -2.00. The van der Waals surface area contributed by atoms with Gasteiger partial charge in [-0.15, -0.1) is 0 Å². The average Bonchev–Trinajstić information content (AvgIpc) is 2.98. The van der Waals surface area contributed by atoms with E-state index in [4.69, 9.17) is 0 Å². The Morgan fingerprint density at radius 1 is 1.00 bits per heavy atom. The van der Waals surface area contributed by atoms with Crippen LogP contribution in [-0.2, 0) is 0 Å². The molecule has 5 heteroatoms. The van der Waals surface area contributed by atoms with Crippen molar-refractivity contribution in [1.82, 2.24) is 15.0 Å². The Labute approximate surface area is 126 Å². The minimum Gasteiger partial charge on any atom is -0.324 e. The Bertz CT molecular complexity index is 976. The molecule has 0 unspecified atom stereocenters. The fraction of sp³-hybridized carbons (Fsp3) is 0. The maximum atomic E-state index is 12.2. The number of pyridine rings is 1. The number of hydrogen-bond acceptors (Lipinski definition) is 3. The molecule has 2 aromatic carbocycles. The second kappa shape index (κ2) is 4.96. The highest BCUT2D eigenvalue weighted by molar-refractivity contribution is 6.06. The van der Waals surface area contributed by atoms with Crippen molar-refractivity contribution in [3.05, 3.63) is 66.4 Å². The van der Waals surface area contributed by atoms with E-state index in [-0.39, 0.29) is 5.91 Å². The van der Waals surface area contributed by atoms with Gasteiger partial charge in [-0.25, -0.2) is 4.98 Å². The Kier molecular flexibility index (Phi) is 2.83. The third-order valence-corrected chi connectivity index (χ3v) is 3.50. The number of amides is 1. The Morgan fingerprint density at radius 3 is 2.73 bits per heavy atom. The van der Waals surface area contributed by atoms with Crippen molar-refractivity contribution in [2.75, 3.05) is 5.32 Å². The first kappa shape index (κ1) is 12.5. The molecule has 0 aliphatic rings. The topological polar surface area (TPSA) is 70.7 Å². The van der Waals surface area contributed by atoms with Gasteiger partial charge in [0.05, 0.1) is 16.6 Å². The number of benzene rings is 2. The van der Waals surface area contributed by atoms with Crippen LogP contribution >= 0.6 is 0 Å². The summed E-state index contributed by atoms with van der Waals surface area (Å²) in [6, 6.07) is 16.7. The van der Waals surface area contributed by atoms with E-state index in [2.05, 4.69) is 20.3 Å². The number of anilines is 1. The van der Waals surface area contributed by atoms with Crippen molar-refractivity contribution in [3.63, 3.8) is 0 Å². The third kappa shape index (κ3) is 2.09. The smallest absolute Gasteiger partial charge is 0.257 e. The van der Waals surface area contributed by atoms with Crippen LogP contribution in [0.4, 0.5) is 5.95 Å². The van der Waals surface area contributed by atoms with E-state index in [1.807, 2.05) is 42.5 Å². The maximum absolute atomic E-state index is 12.2. The lowest BCUT2D eigenvalue weighted by molar-refractivity contribution is 0.102. The molecule has 0 aliphatic heterocycles. The van der Waals surface area contributed by atoms with Crippen LogP contribution in [0.1, 0.15) is 10.4 Å². The molecule has 1 amide bonds. The van der Waals surface area contributed by atoms with Crippen LogP contribution in [0, 0.1) is 0 Å². The molecule has 0 saturated heterocycles. The summed E-state index contributed by atoms with van der Waals surface area (Å²) in [5.74, 6) is 0.238. The zero-order chi connectivity index (χ0) is 14.9. The molecular weight excluding hydrogens is 276 g/mol. The van der Waals surface area contributed by atoms with Crippen LogP contribution in [-0.4, -0.2) is 20.9 Å². The zero-order valence-electron chi connectivity index (χ0n) is 11.6. The van der Waals surface area contributed by atoms with Gasteiger partial charge in [-0.2, -0.15) is 0 Å². The molecule has 0 saturated carbocycles. The summed E-state index contributed by atoms with van der Waals surface area (Å²) in [4.78, 5) is 24.1. The van der Waals surface area contributed by atoms with Gasteiger partial charge in [-0.05, 0) is 36.4 Å². The van der Waals surface area contributed by atoms with Crippen molar-refractivity contribution in [3.8, 4) is 0 Å². The molecule has 0 spiro atoms. The van der Waals surface area contributed by atoms with Crippen molar-refractivity contribution >= 4 is 33.8 Å². The number of rotatable bonds is 2. The lowest BCUT2D eigenvalue weighted by Crippen LogP contribution is -2.12. The van der Waals surface area contributed by atoms with Crippen molar-refractivity contribution < 1.29 is 4.79 Å². The highest BCUT2D eigenvalue weighted by Crippen LogP contribution is 2.23. The first-order valence-electron chi connectivity index (χ1n) is 6.91.